The molecular formula is C14H18FN3O. The first kappa shape index (κ1) is 13.5. The Bertz CT molecular complexity index is 574. The van der Waals surface area contributed by atoms with Gasteiger partial charge in [-0.05, 0) is 24.1 Å². The fraction of sp³-hybridized carbons (Fsp3) is 0.357. The van der Waals surface area contributed by atoms with Gasteiger partial charge in [0.2, 0.25) is 0 Å². The van der Waals surface area contributed by atoms with Crippen LogP contribution in [-0.2, 0) is 4.74 Å². The van der Waals surface area contributed by atoms with Crippen molar-refractivity contribution in [1.82, 2.24) is 4.98 Å². The topological polar surface area (TPSA) is 60.2 Å². The van der Waals surface area contributed by atoms with Crippen molar-refractivity contribution in [2.75, 3.05) is 31.3 Å². The lowest BCUT2D eigenvalue weighted by atomic mass is 10.1. The van der Waals surface area contributed by atoms with Crippen LogP contribution in [0.1, 0.15) is 6.92 Å². The zero-order valence-electron chi connectivity index (χ0n) is 11.1. The van der Waals surface area contributed by atoms with Gasteiger partial charge in [0.25, 0.3) is 0 Å². The molecule has 0 bridgehead atoms. The highest BCUT2D eigenvalue weighted by molar-refractivity contribution is 5.98. The summed E-state index contributed by atoms with van der Waals surface area (Å²) in [6, 6.07) is 4.95. The molecule has 2 rings (SSSR count). The predicted octanol–water partition coefficient (Wildman–Crippen LogP) is 2.65. The van der Waals surface area contributed by atoms with Crippen LogP contribution in [0.25, 0.3) is 10.9 Å². The summed E-state index contributed by atoms with van der Waals surface area (Å²) >= 11 is 0. The summed E-state index contributed by atoms with van der Waals surface area (Å²) in [6.45, 7) is 3.26. The van der Waals surface area contributed by atoms with E-state index in [1.165, 1.54) is 6.07 Å². The lowest BCUT2D eigenvalue weighted by Crippen LogP contribution is -2.17. The number of nitrogens with two attached hydrogens (primary N) is 1. The van der Waals surface area contributed by atoms with Gasteiger partial charge in [-0.15, -0.1) is 0 Å². The number of halogens is 1. The number of benzene rings is 1. The number of hydrogen-bond donors (Lipinski definition) is 2. The Morgan fingerprint density at radius 2 is 2.32 bits per heavy atom. The fourth-order valence-electron chi connectivity index (χ4n) is 2.02. The van der Waals surface area contributed by atoms with E-state index < -0.39 is 0 Å². The lowest BCUT2D eigenvalue weighted by Gasteiger charge is -2.15. The molecule has 0 radical (unpaired) electrons. The Balaban J connectivity index is 2.32. The van der Waals surface area contributed by atoms with Crippen molar-refractivity contribution in [2.24, 2.45) is 5.92 Å². The first-order valence-corrected chi connectivity index (χ1v) is 6.19. The Morgan fingerprint density at radius 3 is 3.05 bits per heavy atom. The molecule has 0 saturated heterocycles. The SMILES string of the molecule is COCC(C)CNc1c(F)cc(N)c2cccnc12. The quantitative estimate of drug-likeness (QED) is 0.814. The Morgan fingerprint density at radius 1 is 1.53 bits per heavy atom. The van der Waals surface area contributed by atoms with E-state index in [9.17, 15) is 4.39 Å². The summed E-state index contributed by atoms with van der Waals surface area (Å²) in [4.78, 5) is 4.21. The maximum Gasteiger partial charge on any atom is 0.150 e. The Hall–Kier alpha value is -1.88. The van der Waals surface area contributed by atoms with E-state index in [1.54, 1.807) is 19.4 Å². The van der Waals surface area contributed by atoms with Gasteiger partial charge in [0, 0.05) is 30.9 Å². The molecule has 1 heterocycles. The van der Waals surface area contributed by atoms with Gasteiger partial charge in [-0.2, -0.15) is 0 Å². The van der Waals surface area contributed by atoms with Crippen LogP contribution in [0.15, 0.2) is 24.4 Å². The molecule has 0 aliphatic heterocycles. The van der Waals surface area contributed by atoms with Crippen molar-refractivity contribution in [3.05, 3.63) is 30.2 Å². The number of nitrogen functional groups attached to an aromatic ring is 1. The number of hydrogen-bond acceptors (Lipinski definition) is 4. The standard InChI is InChI=1S/C14H18FN3O/c1-9(8-19-2)7-18-14-11(15)6-12(16)10-4-3-5-17-13(10)14/h3-6,9,18H,7-8,16H2,1-2H3. The lowest BCUT2D eigenvalue weighted by molar-refractivity contribution is 0.164. The molecule has 0 saturated carbocycles. The number of ether oxygens (including phenoxy) is 1. The third-order valence-corrected chi connectivity index (χ3v) is 2.96. The van der Waals surface area contributed by atoms with Crippen LogP contribution in [0.5, 0.6) is 0 Å². The van der Waals surface area contributed by atoms with Crippen LogP contribution in [0, 0.1) is 11.7 Å². The second-order valence-corrected chi connectivity index (χ2v) is 4.66. The third-order valence-electron chi connectivity index (χ3n) is 2.96. The van der Waals surface area contributed by atoms with E-state index in [-0.39, 0.29) is 11.7 Å². The van der Waals surface area contributed by atoms with Crippen LogP contribution in [0.3, 0.4) is 0 Å². The zero-order valence-corrected chi connectivity index (χ0v) is 11.1. The maximum absolute atomic E-state index is 14.0. The monoisotopic (exact) mass is 263 g/mol. The molecular weight excluding hydrogens is 245 g/mol. The van der Waals surface area contributed by atoms with Crippen LogP contribution in [-0.4, -0.2) is 25.2 Å². The molecule has 0 aliphatic rings. The Labute approximate surface area is 111 Å². The van der Waals surface area contributed by atoms with Crippen LogP contribution in [0.4, 0.5) is 15.8 Å². The normalized spacial score (nSPS) is 12.6. The van der Waals surface area contributed by atoms with Crippen molar-refractivity contribution < 1.29 is 9.13 Å². The minimum absolute atomic E-state index is 0.278. The minimum atomic E-state index is -0.381. The number of methoxy groups -OCH3 is 1. The molecule has 0 spiro atoms. The van der Waals surface area contributed by atoms with Crippen molar-refractivity contribution in [3.8, 4) is 0 Å². The number of fused-ring (bicyclic) bond motifs is 1. The van der Waals surface area contributed by atoms with E-state index in [0.29, 0.717) is 30.0 Å². The number of nitrogens with zero attached hydrogens (tertiary/aromatic N) is 1. The number of aromatic nitrogens is 1. The molecule has 19 heavy (non-hydrogen) atoms. The van der Waals surface area contributed by atoms with E-state index in [0.717, 1.165) is 5.39 Å². The maximum atomic E-state index is 14.0. The van der Waals surface area contributed by atoms with Gasteiger partial charge in [0.05, 0.1) is 17.8 Å². The van der Waals surface area contributed by atoms with Crippen molar-refractivity contribution in [1.29, 1.82) is 0 Å². The summed E-state index contributed by atoms with van der Waals surface area (Å²) in [6.07, 6.45) is 1.63. The van der Waals surface area contributed by atoms with Crippen molar-refractivity contribution in [2.45, 2.75) is 6.92 Å². The van der Waals surface area contributed by atoms with Crippen LogP contribution < -0.4 is 11.1 Å². The highest BCUT2D eigenvalue weighted by atomic mass is 19.1. The molecule has 5 heteroatoms. The largest absolute Gasteiger partial charge is 0.398 e. The molecule has 102 valence electrons. The molecule has 0 aliphatic carbocycles. The fourth-order valence-corrected chi connectivity index (χ4v) is 2.02. The average Bonchev–Trinajstić information content (AvgIpc) is 2.39. The summed E-state index contributed by atoms with van der Waals surface area (Å²) in [7, 11) is 1.65. The van der Waals surface area contributed by atoms with Gasteiger partial charge in [0.15, 0.2) is 5.82 Å². The molecule has 4 nitrogen and oxygen atoms in total. The second-order valence-electron chi connectivity index (χ2n) is 4.66. The molecule has 1 aromatic carbocycles. The highest BCUT2D eigenvalue weighted by Gasteiger charge is 2.12. The number of anilines is 2. The molecule has 0 amide bonds. The number of rotatable bonds is 5. The third kappa shape index (κ3) is 2.93. The zero-order chi connectivity index (χ0) is 13.8. The molecule has 0 fully saturated rings. The summed E-state index contributed by atoms with van der Waals surface area (Å²) in [5, 5.41) is 3.85. The van der Waals surface area contributed by atoms with E-state index in [4.69, 9.17) is 10.5 Å². The molecule has 1 atom stereocenters. The summed E-state index contributed by atoms with van der Waals surface area (Å²) in [5.41, 5.74) is 7.16. The predicted molar refractivity (Wildman–Crippen MR) is 75.6 cm³/mol. The number of pyridine rings is 1. The van der Waals surface area contributed by atoms with Crippen molar-refractivity contribution in [3.63, 3.8) is 0 Å². The first-order valence-electron chi connectivity index (χ1n) is 6.19. The Kier molecular flexibility index (Phi) is 4.16. The first-order chi connectivity index (χ1) is 9.13. The van der Waals surface area contributed by atoms with Crippen LogP contribution in [0.2, 0.25) is 0 Å². The van der Waals surface area contributed by atoms with E-state index >= 15 is 0 Å². The summed E-state index contributed by atoms with van der Waals surface area (Å²) < 4.78 is 19.1. The van der Waals surface area contributed by atoms with Gasteiger partial charge < -0.3 is 15.8 Å². The smallest absolute Gasteiger partial charge is 0.150 e. The van der Waals surface area contributed by atoms with Crippen LogP contribution >= 0.6 is 0 Å². The molecule has 1 unspecified atom stereocenters. The second kappa shape index (κ2) is 5.84. The summed E-state index contributed by atoms with van der Waals surface area (Å²) in [5.74, 6) is -0.103. The van der Waals surface area contributed by atoms with E-state index in [2.05, 4.69) is 10.3 Å². The van der Waals surface area contributed by atoms with E-state index in [1.807, 2.05) is 13.0 Å². The van der Waals surface area contributed by atoms with Crippen molar-refractivity contribution >= 4 is 22.3 Å². The minimum Gasteiger partial charge on any atom is -0.398 e. The average molecular weight is 263 g/mol. The van der Waals surface area contributed by atoms with Gasteiger partial charge in [0.1, 0.15) is 0 Å². The highest BCUT2D eigenvalue weighted by Crippen LogP contribution is 2.29. The molecule has 1 aromatic heterocycles. The van der Waals surface area contributed by atoms with Gasteiger partial charge in [-0.25, -0.2) is 4.39 Å². The number of nitrogens with one attached hydrogen (secondary N) is 1. The molecule has 2 aromatic rings. The van der Waals surface area contributed by atoms with Gasteiger partial charge in [-0.1, -0.05) is 6.92 Å². The van der Waals surface area contributed by atoms with Gasteiger partial charge in [-0.3, -0.25) is 4.98 Å². The molecule has 3 N–H and O–H groups in total. The van der Waals surface area contributed by atoms with Gasteiger partial charge >= 0.3 is 0 Å².